The van der Waals surface area contributed by atoms with Crippen LogP contribution in [0.15, 0.2) is 93.9 Å². The summed E-state index contributed by atoms with van der Waals surface area (Å²) in [5.74, 6) is 0. The van der Waals surface area contributed by atoms with Gasteiger partial charge in [0, 0.05) is 26.0 Å². The van der Waals surface area contributed by atoms with Gasteiger partial charge in [-0.25, -0.2) is 0 Å². The highest BCUT2D eigenvalue weighted by atomic mass is 79.9. The molecule has 2 bridgehead atoms. The van der Waals surface area contributed by atoms with Gasteiger partial charge in [0.05, 0.1) is 0 Å². The zero-order valence-corrected chi connectivity index (χ0v) is 23.6. The topological polar surface area (TPSA) is 3.24 Å². The van der Waals surface area contributed by atoms with E-state index in [4.69, 9.17) is 0 Å². The van der Waals surface area contributed by atoms with Gasteiger partial charge in [-0.2, -0.15) is 0 Å². The maximum Gasteiger partial charge on any atom is 0.0464 e. The van der Waals surface area contributed by atoms with E-state index in [0.717, 1.165) is 26.0 Å². The van der Waals surface area contributed by atoms with E-state index in [1.807, 2.05) is 0 Å². The second-order valence-electron chi connectivity index (χ2n) is 10.8. The molecule has 0 N–H and O–H groups in total. The molecule has 35 heavy (non-hydrogen) atoms. The SMILES string of the molecule is Cc1cc(N(c2ccc(Br)cc2)c2ccc(Br)cc2)ccc1-c1ccc2c(c1)C1(C)CCC2(C)C1. The summed E-state index contributed by atoms with van der Waals surface area (Å²) in [6.07, 6.45) is 3.94. The van der Waals surface area contributed by atoms with Crippen LogP contribution in [0.4, 0.5) is 17.1 Å². The number of hydrogen-bond acceptors (Lipinski definition) is 1. The maximum atomic E-state index is 3.58. The fourth-order valence-corrected chi connectivity index (χ4v) is 7.05. The van der Waals surface area contributed by atoms with Crippen LogP contribution in [0.5, 0.6) is 0 Å². The number of anilines is 3. The molecule has 0 saturated heterocycles. The summed E-state index contributed by atoms with van der Waals surface area (Å²) >= 11 is 7.16. The molecule has 4 aromatic carbocycles. The molecule has 4 aromatic rings. The third-order valence-electron chi connectivity index (χ3n) is 8.28. The molecule has 0 heterocycles. The van der Waals surface area contributed by atoms with Crippen LogP contribution < -0.4 is 4.90 Å². The molecule has 2 aliphatic rings. The van der Waals surface area contributed by atoms with Gasteiger partial charge in [-0.15, -0.1) is 0 Å². The van der Waals surface area contributed by atoms with Gasteiger partial charge in [0.1, 0.15) is 0 Å². The molecule has 0 amide bonds. The minimum Gasteiger partial charge on any atom is -0.310 e. The standard InChI is InChI=1S/C32H29Br2N/c1-21-18-27(35(25-9-5-23(33)6-10-25)26-11-7-24(34)8-12-26)13-14-28(21)22-4-15-29-30(19-22)32(3)17-16-31(29,2)20-32/h4-15,18-19H,16-17,20H2,1-3H3. The van der Waals surface area contributed by atoms with Crippen LogP contribution in [0, 0.1) is 6.92 Å². The molecule has 6 rings (SSSR count). The highest BCUT2D eigenvalue weighted by Gasteiger charge is 2.52. The average Bonchev–Trinajstić information content (AvgIpc) is 3.29. The van der Waals surface area contributed by atoms with Gasteiger partial charge >= 0.3 is 0 Å². The third kappa shape index (κ3) is 3.88. The fourth-order valence-electron chi connectivity index (χ4n) is 6.53. The second kappa shape index (κ2) is 8.35. The normalized spacial score (nSPS) is 22.3. The summed E-state index contributed by atoms with van der Waals surface area (Å²) in [7, 11) is 0. The quantitative estimate of drug-likeness (QED) is 0.230. The lowest BCUT2D eigenvalue weighted by Gasteiger charge is -2.28. The van der Waals surface area contributed by atoms with E-state index >= 15 is 0 Å². The minimum atomic E-state index is 0.341. The monoisotopic (exact) mass is 585 g/mol. The highest BCUT2D eigenvalue weighted by Crippen LogP contribution is 2.60. The molecule has 0 aliphatic heterocycles. The first-order valence-electron chi connectivity index (χ1n) is 12.3. The molecular weight excluding hydrogens is 558 g/mol. The van der Waals surface area contributed by atoms with Crippen molar-refractivity contribution >= 4 is 48.9 Å². The largest absolute Gasteiger partial charge is 0.310 e. The Labute approximate surface area is 225 Å². The summed E-state index contributed by atoms with van der Waals surface area (Å²) in [5.41, 5.74) is 11.3. The van der Waals surface area contributed by atoms with Gasteiger partial charge in [-0.1, -0.05) is 70.0 Å². The van der Waals surface area contributed by atoms with E-state index in [9.17, 15) is 0 Å². The van der Waals surface area contributed by atoms with Crippen molar-refractivity contribution in [3.8, 4) is 11.1 Å². The molecule has 1 fully saturated rings. The van der Waals surface area contributed by atoms with Crippen LogP contribution in [0.3, 0.4) is 0 Å². The number of halogens is 2. The summed E-state index contributed by atoms with van der Waals surface area (Å²) in [6.45, 7) is 7.17. The summed E-state index contributed by atoms with van der Waals surface area (Å²) < 4.78 is 2.16. The van der Waals surface area contributed by atoms with E-state index in [2.05, 4.69) is 142 Å². The van der Waals surface area contributed by atoms with Crippen LogP contribution in [-0.2, 0) is 10.8 Å². The first-order chi connectivity index (χ1) is 16.8. The molecule has 2 atom stereocenters. The first kappa shape index (κ1) is 23.1. The molecule has 3 heteroatoms. The Bertz CT molecular complexity index is 1380. The van der Waals surface area contributed by atoms with Gasteiger partial charge in [-0.05, 0) is 125 Å². The maximum absolute atomic E-state index is 3.58. The van der Waals surface area contributed by atoms with Crippen molar-refractivity contribution < 1.29 is 0 Å². The van der Waals surface area contributed by atoms with Crippen molar-refractivity contribution in [2.45, 2.75) is 50.9 Å². The summed E-state index contributed by atoms with van der Waals surface area (Å²) in [4.78, 5) is 2.32. The Morgan fingerprint density at radius 2 is 1.17 bits per heavy atom. The molecule has 2 aliphatic carbocycles. The number of rotatable bonds is 4. The Balaban J connectivity index is 1.42. The number of fused-ring (bicyclic) bond motifs is 5. The second-order valence-corrected chi connectivity index (χ2v) is 12.7. The molecule has 0 spiro atoms. The minimum absolute atomic E-state index is 0.341. The van der Waals surface area contributed by atoms with E-state index in [0.29, 0.717) is 10.8 Å². The van der Waals surface area contributed by atoms with E-state index in [1.165, 1.54) is 36.0 Å². The van der Waals surface area contributed by atoms with Crippen LogP contribution in [0.25, 0.3) is 11.1 Å². The van der Waals surface area contributed by atoms with Crippen molar-refractivity contribution in [3.05, 3.63) is 111 Å². The number of nitrogens with zero attached hydrogens (tertiary/aromatic N) is 1. The predicted octanol–water partition coefficient (Wildman–Crippen LogP) is 10.4. The highest BCUT2D eigenvalue weighted by molar-refractivity contribution is 9.10. The van der Waals surface area contributed by atoms with E-state index < -0.39 is 0 Å². The van der Waals surface area contributed by atoms with Crippen molar-refractivity contribution in [3.63, 3.8) is 0 Å². The van der Waals surface area contributed by atoms with Crippen LogP contribution in [0.1, 0.15) is 49.8 Å². The lowest BCUT2D eigenvalue weighted by molar-refractivity contribution is 0.484. The fraction of sp³-hybridized carbons (Fsp3) is 0.250. The van der Waals surface area contributed by atoms with E-state index in [1.54, 1.807) is 11.1 Å². The Kier molecular flexibility index (Phi) is 5.50. The third-order valence-corrected chi connectivity index (χ3v) is 9.34. The predicted molar refractivity (Wildman–Crippen MR) is 155 cm³/mol. The molecular formula is C32H29Br2N. The zero-order chi connectivity index (χ0) is 24.4. The molecule has 2 unspecified atom stereocenters. The Hall–Kier alpha value is -2.36. The van der Waals surface area contributed by atoms with Gasteiger partial charge < -0.3 is 4.90 Å². The summed E-state index contributed by atoms with van der Waals surface area (Å²) in [5, 5.41) is 0. The van der Waals surface area contributed by atoms with Crippen molar-refractivity contribution in [1.82, 2.24) is 0 Å². The van der Waals surface area contributed by atoms with E-state index in [-0.39, 0.29) is 0 Å². The first-order valence-corrected chi connectivity index (χ1v) is 13.9. The van der Waals surface area contributed by atoms with Gasteiger partial charge in [-0.3, -0.25) is 0 Å². The van der Waals surface area contributed by atoms with Crippen LogP contribution in [0.2, 0.25) is 0 Å². The number of aryl methyl sites for hydroxylation is 1. The molecule has 176 valence electrons. The smallest absolute Gasteiger partial charge is 0.0464 e. The van der Waals surface area contributed by atoms with Crippen LogP contribution >= 0.6 is 31.9 Å². The van der Waals surface area contributed by atoms with Gasteiger partial charge in [0.15, 0.2) is 0 Å². The Morgan fingerprint density at radius 1 is 0.629 bits per heavy atom. The van der Waals surface area contributed by atoms with Crippen LogP contribution in [-0.4, -0.2) is 0 Å². The molecule has 0 aromatic heterocycles. The lowest BCUT2D eigenvalue weighted by atomic mass is 9.77. The average molecular weight is 587 g/mol. The van der Waals surface area contributed by atoms with Crippen molar-refractivity contribution in [2.24, 2.45) is 0 Å². The molecule has 1 nitrogen and oxygen atoms in total. The summed E-state index contributed by atoms with van der Waals surface area (Å²) in [6, 6.07) is 31.2. The zero-order valence-electron chi connectivity index (χ0n) is 20.4. The van der Waals surface area contributed by atoms with Crippen molar-refractivity contribution in [2.75, 3.05) is 4.90 Å². The van der Waals surface area contributed by atoms with Crippen molar-refractivity contribution in [1.29, 1.82) is 0 Å². The number of hydrogen-bond donors (Lipinski definition) is 0. The Morgan fingerprint density at radius 3 is 1.74 bits per heavy atom. The molecule has 1 saturated carbocycles. The van der Waals surface area contributed by atoms with Gasteiger partial charge in [0.25, 0.3) is 0 Å². The lowest BCUT2D eigenvalue weighted by Crippen LogP contribution is -2.17. The molecule has 0 radical (unpaired) electrons. The number of benzene rings is 4. The van der Waals surface area contributed by atoms with Gasteiger partial charge in [0.2, 0.25) is 0 Å².